The van der Waals surface area contributed by atoms with Gasteiger partial charge in [-0.2, -0.15) is 0 Å². The van der Waals surface area contributed by atoms with Crippen LogP contribution in [0.2, 0.25) is 5.02 Å². The number of hydrogen-bond acceptors (Lipinski definition) is 4. The quantitative estimate of drug-likeness (QED) is 0.745. The number of hydrogen-bond donors (Lipinski definition) is 1. The van der Waals surface area contributed by atoms with E-state index in [4.69, 9.17) is 16.3 Å². The molecule has 1 unspecified atom stereocenters. The van der Waals surface area contributed by atoms with Gasteiger partial charge in [-0.3, -0.25) is 4.79 Å². The molecule has 0 aromatic heterocycles. The van der Waals surface area contributed by atoms with Crippen LogP contribution in [-0.2, 0) is 25.8 Å². The molecule has 2 rings (SSSR count). The second kappa shape index (κ2) is 9.16. The van der Waals surface area contributed by atoms with Gasteiger partial charge in [0.1, 0.15) is 6.10 Å². The van der Waals surface area contributed by atoms with Gasteiger partial charge in [0, 0.05) is 36.9 Å². The van der Waals surface area contributed by atoms with Crippen LogP contribution in [0.5, 0.6) is 0 Å². The highest BCUT2D eigenvalue weighted by atomic mass is 35.5. The maximum Gasteiger partial charge on any atom is 0.220 e. The molecular formula is C19H22ClNO4S. The number of benzene rings is 2. The fourth-order valence-corrected chi connectivity index (χ4v) is 3.40. The Morgan fingerprint density at radius 3 is 2.38 bits per heavy atom. The summed E-state index contributed by atoms with van der Waals surface area (Å²) in [5.41, 5.74) is 1.73. The Morgan fingerprint density at radius 1 is 1.15 bits per heavy atom. The van der Waals surface area contributed by atoms with E-state index in [0.717, 1.165) is 11.1 Å². The summed E-state index contributed by atoms with van der Waals surface area (Å²) >= 11 is 6.16. The molecule has 5 nitrogen and oxygen atoms in total. The van der Waals surface area contributed by atoms with Crippen molar-refractivity contribution < 1.29 is 17.9 Å². The molecule has 1 atom stereocenters. The zero-order chi connectivity index (χ0) is 19.2. The minimum atomic E-state index is -3.21. The Morgan fingerprint density at radius 2 is 1.81 bits per heavy atom. The van der Waals surface area contributed by atoms with E-state index in [1.165, 1.54) is 6.26 Å². The fourth-order valence-electron chi connectivity index (χ4n) is 2.51. The summed E-state index contributed by atoms with van der Waals surface area (Å²) < 4.78 is 28.3. The average molecular weight is 396 g/mol. The minimum Gasteiger partial charge on any atom is -0.375 e. The second-order valence-corrected chi connectivity index (χ2v) is 8.39. The average Bonchev–Trinajstić information content (AvgIpc) is 2.61. The Kier molecular flexibility index (Phi) is 7.20. The van der Waals surface area contributed by atoms with Crippen molar-refractivity contribution in [2.75, 3.05) is 19.9 Å². The number of aryl methyl sites for hydroxylation is 1. The molecule has 0 aliphatic rings. The lowest BCUT2D eigenvalue weighted by Gasteiger charge is -2.17. The summed E-state index contributed by atoms with van der Waals surface area (Å²) in [6.45, 7) is 0.325. The number of methoxy groups -OCH3 is 1. The molecular weight excluding hydrogens is 374 g/mol. The summed E-state index contributed by atoms with van der Waals surface area (Å²) in [6, 6.07) is 13.9. The minimum absolute atomic E-state index is 0.105. The fraction of sp³-hybridized carbons (Fsp3) is 0.316. The van der Waals surface area contributed by atoms with Crippen LogP contribution in [-0.4, -0.2) is 34.2 Å². The van der Waals surface area contributed by atoms with Gasteiger partial charge >= 0.3 is 0 Å². The van der Waals surface area contributed by atoms with Crippen LogP contribution in [0.3, 0.4) is 0 Å². The predicted molar refractivity (Wildman–Crippen MR) is 102 cm³/mol. The Balaban J connectivity index is 1.86. The summed E-state index contributed by atoms with van der Waals surface area (Å²) in [4.78, 5) is 12.4. The summed E-state index contributed by atoms with van der Waals surface area (Å²) in [5.74, 6) is -0.105. The third-order valence-electron chi connectivity index (χ3n) is 4.01. The van der Waals surface area contributed by atoms with Crippen LogP contribution in [0, 0.1) is 0 Å². The molecule has 0 aliphatic heterocycles. The van der Waals surface area contributed by atoms with Gasteiger partial charge in [0.25, 0.3) is 0 Å². The van der Waals surface area contributed by atoms with E-state index in [9.17, 15) is 13.2 Å². The molecule has 1 N–H and O–H groups in total. The molecule has 0 fully saturated rings. The van der Waals surface area contributed by atoms with Gasteiger partial charge in [-0.1, -0.05) is 41.9 Å². The molecule has 0 heterocycles. The van der Waals surface area contributed by atoms with E-state index in [2.05, 4.69) is 5.32 Å². The third kappa shape index (κ3) is 5.83. The molecule has 2 aromatic carbocycles. The lowest BCUT2D eigenvalue weighted by Crippen LogP contribution is -2.29. The smallest absolute Gasteiger partial charge is 0.220 e. The lowest BCUT2D eigenvalue weighted by molar-refractivity contribution is -0.121. The Hall–Kier alpha value is -1.89. The van der Waals surface area contributed by atoms with Crippen molar-refractivity contribution in [1.29, 1.82) is 0 Å². The van der Waals surface area contributed by atoms with Crippen LogP contribution in [0.1, 0.15) is 23.7 Å². The van der Waals surface area contributed by atoms with Crippen molar-refractivity contribution in [3.8, 4) is 0 Å². The largest absolute Gasteiger partial charge is 0.375 e. The van der Waals surface area contributed by atoms with E-state index in [1.54, 1.807) is 37.4 Å². The van der Waals surface area contributed by atoms with Crippen LogP contribution in [0.15, 0.2) is 53.4 Å². The number of nitrogens with one attached hydrogen (secondary N) is 1. The summed E-state index contributed by atoms with van der Waals surface area (Å²) in [7, 11) is -1.63. The van der Waals surface area contributed by atoms with Gasteiger partial charge in [-0.05, 0) is 30.2 Å². The van der Waals surface area contributed by atoms with Crippen molar-refractivity contribution in [3.63, 3.8) is 0 Å². The van der Waals surface area contributed by atoms with Crippen LogP contribution in [0.4, 0.5) is 0 Å². The lowest BCUT2D eigenvalue weighted by atomic mass is 10.1. The first-order chi connectivity index (χ1) is 12.3. The molecule has 1 amide bonds. The van der Waals surface area contributed by atoms with Gasteiger partial charge in [-0.25, -0.2) is 8.42 Å². The first kappa shape index (κ1) is 20.4. The topological polar surface area (TPSA) is 72.5 Å². The Labute approximate surface area is 159 Å². The summed E-state index contributed by atoms with van der Waals surface area (Å²) in [6.07, 6.45) is 1.68. The number of halogens is 1. The normalized spacial score (nSPS) is 12.6. The van der Waals surface area contributed by atoms with Crippen molar-refractivity contribution in [1.82, 2.24) is 5.32 Å². The first-order valence-corrected chi connectivity index (χ1v) is 10.4. The molecule has 0 saturated heterocycles. The molecule has 2 aromatic rings. The molecule has 26 heavy (non-hydrogen) atoms. The molecule has 0 radical (unpaired) electrons. The second-order valence-electron chi connectivity index (χ2n) is 5.97. The monoisotopic (exact) mass is 395 g/mol. The number of sulfone groups is 1. The molecule has 140 valence electrons. The highest BCUT2D eigenvalue weighted by molar-refractivity contribution is 7.90. The third-order valence-corrected chi connectivity index (χ3v) is 5.49. The van der Waals surface area contributed by atoms with Crippen molar-refractivity contribution in [3.05, 3.63) is 64.7 Å². The summed E-state index contributed by atoms with van der Waals surface area (Å²) in [5, 5.41) is 3.44. The van der Waals surface area contributed by atoms with Crippen molar-refractivity contribution in [2.45, 2.75) is 23.8 Å². The van der Waals surface area contributed by atoms with Crippen LogP contribution >= 0.6 is 11.6 Å². The van der Waals surface area contributed by atoms with Gasteiger partial charge in [0.15, 0.2) is 9.84 Å². The maximum absolute atomic E-state index is 12.1. The van der Waals surface area contributed by atoms with Gasteiger partial charge in [0.2, 0.25) is 5.91 Å². The first-order valence-electron chi connectivity index (χ1n) is 8.14. The number of amides is 1. The zero-order valence-electron chi connectivity index (χ0n) is 14.7. The zero-order valence-corrected chi connectivity index (χ0v) is 16.3. The molecule has 0 spiro atoms. The number of carbonyl (C=O) groups excluding carboxylic acids is 1. The number of carbonyl (C=O) groups is 1. The molecule has 0 bridgehead atoms. The number of ether oxygens (including phenoxy) is 1. The van der Waals surface area contributed by atoms with Crippen LogP contribution < -0.4 is 5.32 Å². The van der Waals surface area contributed by atoms with Crippen molar-refractivity contribution in [2.24, 2.45) is 0 Å². The highest BCUT2D eigenvalue weighted by Gasteiger charge is 2.15. The maximum atomic E-state index is 12.1. The van der Waals surface area contributed by atoms with Crippen molar-refractivity contribution >= 4 is 27.3 Å². The number of rotatable bonds is 8. The van der Waals surface area contributed by atoms with E-state index >= 15 is 0 Å². The van der Waals surface area contributed by atoms with E-state index in [0.29, 0.717) is 24.4 Å². The standard InChI is InChI=1S/C19H22ClNO4S/c1-25-18(16-5-3-4-6-17(16)20)13-21-19(22)12-9-14-7-10-15(11-8-14)26(2,23)24/h3-8,10-11,18H,9,12-13H2,1-2H3,(H,21,22). The van der Waals surface area contributed by atoms with Crippen LogP contribution in [0.25, 0.3) is 0 Å². The molecule has 0 aliphatic carbocycles. The van der Waals surface area contributed by atoms with Gasteiger partial charge < -0.3 is 10.1 Å². The van der Waals surface area contributed by atoms with E-state index in [-0.39, 0.29) is 16.9 Å². The highest BCUT2D eigenvalue weighted by Crippen LogP contribution is 2.24. The van der Waals surface area contributed by atoms with Gasteiger partial charge in [-0.15, -0.1) is 0 Å². The van der Waals surface area contributed by atoms with E-state index < -0.39 is 9.84 Å². The SMILES string of the molecule is COC(CNC(=O)CCc1ccc(S(C)(=O)=O)cc1)c1ccccc1Cl. The van der Waals surface area contributed by atoms with E-state index in [1.807, 2.05) is 18.2 Å². The predicted octanol–water partition coefficient (Wildman–Crippen LogP) is 3.18. The molecule has 0 saturated carbocycles. The van der Waals surface area contributed by atoms with Gasteiger partial charge in [0.05, 0.1) is 4.90 Å². The Bertz CT molecular complexity index is 850. The molecule has 7 heteroatoms.